The minimum absolute atomic E-state index is 0.0414. The second-order valence-corrected chi connectivity index (χ2v) is 6.70. The molecular formula is C15H20FN3S. The molecule has 3 nitrogen and oxygen atoms in total. The number of anilines is 1. The summed E-state index contributed by atoms with van der Waals surface area (Å²) in [6.07, 6.45) is 1.64. The van der Waals surface area contributed by atoms with Crippen molar-refractivity contribution in [3.05, 3.63) is 46.0 Å². The van der Waals surface area contributed by atoms with Crippen LogP contribution in [0.15, 0.2) is 29.8 Å². The van der Waals surface area contributed by atoms with E-state index in [9.17, 15) is 4.39 Å². The van der Waals surface area contributed by atoms with Gasteiger partial charge in [-0.1, -0.05) is 6.07 Å². The number of nitrogens with zero attached hydrogens (tertiary/aromatic N) is 1. The summed E-state index contributed by atoms with van der Waals surface area (Å²) in [6, 6.07) is 5.71. The van der Waals surface area contributed by atoms with Crippen molar-refractivity contribution in [1.29, 1.82) is 0 Å². The number of nitrogens with one attached hydrogen (secondary N) is 2. The summed E-state index contributed by atoms with van der Waals surface area (Å²) < 4.78 is 14.3. The molecule has 0 amide bonds. The SMILES string of the molecule is CC(C)(C)NCc1ccnc(NCc2cccs2)c1F. The molecule has 5 heteroatoms. The van der Waals surface area contributed by atoms with E-state index in [0.29, 0.717) is 24.5 Å². The number of aromatic nitrogens is 1. The summed E-state index contributed by atoms with van der Waals surface area (Å²) in [5, 5.41) is 8.34. The van der Waals surface area contributed by atoms with Gasteiger partial charge in [-0.05, 0) is 38.3 Å². The first-order valence-electron chi connectivity index (χ1n) is 6.60. The number of rotatable bonds is 5. The zero-order valence-electron chi connectivity index (χ0n) is 12.0. The second-order valence-electron chi connectivity index (χ2n) is 5.67. The lowest BCUT2D eigenvalue weighted by Gasteiger charge is -2.21. The normalized spacial score (nSPS) is 11.6. The number of halogens is 1. The molecule has 0 bridgehead atoms. The maximum absolute atomic E-state index is 14.3. The molecule has 2 aromatic rings. The van der Waals surface area contributed by atoms with Gasteiger partial charge in [0, 0.05) is 28.7 Å². The third kappa shape index (κ3) is 4.28. The van der Waals surface area contributed by atoms with Crippen molar-refractivity contribution in [1.82, 2.24) is 10.3 Å². The highest BCUT2D eigenvalue weighted by molar-refractivity contribution is 7.09. The number of pyridine rings is 1. The van der Waals surface area contributed by atoms with Crippen LogP contribution in [0.25, 0.3) is 0 Å². The average Bonchev–Trinajstić information content (AvgIpc) is 2.88. The van der Waals surface area contributed by atoms with E-state index in [-0.39, 0.29) is 11.4 Å². The predicted octanol–water partition coefficient (Wildman–Crippen LogP) is 3.78. The van der Waals surface area contributed by atoms with Crippen LogP contribution in [0.4, 0.5) is 10.2 Å². The largest absolute Gasteiger partial charge is 0.363 e. The van der Waals surface area contributed by atoms with E-state index in [4.69, 9.17) is 0 Å². The van der Waals surface area contributed by atoms with Crippen LogP contribution < -0.4 is 10.6 Å². The molecular weight excluding hydrogens is 273 g/mol. The fraction of sp³-hybridized carbons (Fsp3) is 0.400. The third-order valence-corrected chi connectivity index (χ3v) is 3.66. The number of hydrogen-bond acceptors (Lipinski definition) is 4. The molecule has 0 spiro atoms. The van der Waals surface area contributed by atoms with Crippen molar-refractivity contribution in [2.24, 2.45) is 0 Å². The molecule has 2 rings (SSSR count). The summed E-state index contributed by atoms with van der Waals surface area (Å²) in [6.45, 7) is 7.26. The topological polar surface area (TPSA) is 37.0 Å². The van der Waals surface area contributed by atoms with Crippen LogP contribution in [0.2, 0.25) is 0 Å². The smallest absolute Gasteiger partial charge is 0.169 e. The highest BCUT2D eigenvalue weighted by Crippen LogP contribution is 2.18. The average molecular weight is 293 g/mol. The van der Waals surface area contributed by atoms with Crippen molar-refractivity contribution in [3.8, 4) is 0 Å². The van der Waals surface area contributed by atoms with Crippen molar-refractivity contribution in [3.63, 3.8) is 0 Å². The van der Waals surface area contributed by atoms with Crippen LogP contribution in [0, 0.1) is 5.82 Å². The zero-order chi connectivity index (χ0) is 14.6. The van der Waals surface area contributed by atoms with Crippen LogP contribution in [0.3, 0.4) is 0 Å². The Hall–Kier alpha value is -1.46. The molecule has 0 aromatic carbocycles. The van der Waals surface area contributed by atoms with Crippen LogP contribution in [-0.4, -0.2) is 10.5 Å². The molecule has 0 fully saturated rings. The third-order valence-electron chi connectivity index (χ3n) is 2.79. The Balaban J connectivity index is 2.03. The van der Waals surface area contributed by atoms with Crippen LogP contribution in [0.5, 0.6) is 0 Å². The van der Waals surface area contributed by atoms with Crippen LogP contribution >= 0.6 is 11.3 Å². The molecule has 0 radical (unpaired) electrons. The van der Waals surface area contributed by atoms with Crippen molar-refractivity contribution < 1.29 is 4.39 Å². The van der Waals surface area contributed by atoms with E-state index >= 15 is 0 Å². The summed E-state index contributed by atoms with van der Waals surface area (Å²) in [5.41, 5.74) is 0.587. The van der Waals surface area contributed by atoms with Gasteiger partial charge in [0.25, 0.3) is 0 Å². The number of thiophene rings is 1. The monoisotopic (exact) mass is 293 g/mol. The molecule has 108 valence electrons. The molecule has 0 aliphatic rings. The summed E-state index contributed by atoms with van der Waals surface area (Å²) >= 11 is 1.64. The molecule has 2 heterocycles. The first-order valence-corrected chi connectivity index (χ1v) is 7.48. The second kappa shape index (κ2) is 6.33. The lowest BCUT2D eigenvalue weighted by atomic mass is 10.1. The first kappa shape index (κ1) is 14.9. The van der Waals surface area contributed by atoms with E-state index in [1.807, 2.05) is 17.5 Å². The van der Waals surface area contributed by atoms with E-state index in [1.165, 1.54) is 0 Å². The molecule has 2 aromatic heterocycles. The van der Waals surface area contributed by atoms with Gasteiger partial charge < -0.3 is 10.6 Å². The predicted molar refractivity (Wildman–Crippen MR) is 82.4 cm³/mol. The van der Waals surface area contributed by atoms with Gasteiger partial charge in [0.15, 0.2) is 11.6 Å². The molecule has 0 aliphatic heterocycles. The fourth-order valence-corrected chi connectivity index (χ4v) is 2.33. The lowest BCUT2D eigenvalue weighted by Crippen LogP contribution is -2.35. The van der Waals surface area contributed by atoms with Gasteiger partial charge in [0.05, 0.1) is 6.54 Å². The van der Waals surface area contributed by atoms with Gasteiger partial charge in [0.1, 0.15) is 0 Å². The van der Waals surface area contributed by atoms with Gasteiger partial charge in [-0.3, -0.25) is 0 Å². The first-order chi connectivity index (χ1) is 9.46. The van der Waals surface area contributed by atoms with Gasteiger partial charge in [-0.25, -0.2) is 9.37 Å². The Labute approximate surface area is 123 Å². The Morgan fingerprint density at radius 2 is 2.05 bits per heavy atom. The van der Waals surface area contributed by atoms with Crippen molar-refractivity contribution in [2.75, 3.05) is 5.32 Å². The molecule has 2 N–H and O–H groups in total. The molecule has 0 unspecified atom stereocenters. The lowest BCUT2D eigenvalue weighted by molar-refractivity contribution is 0.418. The molecule has 0 aliphatic carbocycles. The highest BCUT2D eigenvalue weighted by Gasteiger charge is 2.13. The summed E-state index contributed by atoms with van der Waals surface area (Å²) in [4.78, 5) is 5.23. The van der Waals surface area contributed by atoms with E-state index < -0.39 is 0 Å². The van der Waals surface area contributed by atoms with E-state index in [0.717, 1.165) is 4.88 Å². The Morgan fingerprint density at radius 3 is 2.70 bits per heavy atom. The molecule has 0 saturated heterocycles. The minimum atomic E-state index is -0.277. The van der Waals surface area contributed by atoms with E-state index in [2.05, 4.69) is 36.4 Å². The summed E-state index contributed by atoms with van der Waals surface area (Å²) in [7, 11) is 0. The molecule has 0 atom stereocenters. The quantitative estimate of drug-likeness (QED) is 0.881. The standard InChI is InChI=1S/C15H20FN3S/c1-15(2,3)19-9-11-6-7-17-14(13(11)16)18-10-12-5-4-8-20-12/h4-8,19H,9-10H2,1-3H3,(H,17,18). The summed E-state index contributed by atoms with van der Waals surface area (Å²) in [5.74, 6) is 0.0346. The maximum Gasteiger partial charge on any atom is 0.169 e. The molecule has 0 saturated carbocycles. The minimum Gasteiger partial charge on any atom is -0.363 e. The Kier molecular flexibility index (Phi) is 4.73. The van der Waals surface area contributed by atoms with Gasteiger partial charge in [0.2, 0.25) is 0 Å². The van der Waals surface area contributed by atoms with Gasteiger partial charge >= 0.3 is 0 Å². The highest BCUT2D eigenvalue weighted by atomic mass is 32.1. The maximum atomic E-state index is 14.3. The fourth-order valence-electron chi connectivity index (χ4n) is 1.69. The van der Waals surface area contributed by atoms with Gasteiger partial charge in [-0.15, -0.1) is 11.3 Å². The van der Waals surface area contributed by atoms with Crippen LogP contribution in [0.1, 0.15) is 31.2 Å². The number of hydrogen-bond donors (Lipinski definition) is 2. The van der Waals surface area contributed by atoms with Crippen LogP contribution in [-0.2, 0) is 13.1 Å². The zero-order valence-corrected chi connectivity index (χ0v) is 12.9. The van der Waals surface area contributed by atoms with Gasteiger partial charge in [-0.2, -0.15) is 0 Å². The Morgan fingerprint density at radius 1 is 1.25 bits per heavy atom. The van der Waals surface area contributed by atoms with E-state index in [1.54, 1.807) is 23.6 Å². The van der Waals surface area contributed by atoms with Crippen molar-refractivity contribution in [2.45, 2.75) is 39.4 Å². The van der Waals surface area contributed by atoms with Crippen molar-refractivity contribution >= 4 is 17.2 Å². The Bertz CT molecular complexity index is 547. The molecule has 20 heavy (non-hydrogen) atoms.